The fraction of sp³-hybridized carbons (Fsp3) is 0.302. The van der Waals surface area contributed by atoms with E-state index in [9.17, 15) is 5.26 Å². The molecule has 0 saturated carbocycles. The third-order valence-corrected chi connectivity index (χ3v) is 13.1. The Hall–Kier alpha value is -5.53. The van der Waals surface area contributed by atoms with Gasteiger partial charge in [0.1, 0.15) is 0 Å². The number of rotatable bonds is 1. The average molecular weight is 742 g/mol. The zero-order valence-electron chi connectivity index (χ0n) is 35.7. The molecule has 57 heavy (non-hydrogen) atoms. The van der Waals surface area contributed by atoms with Gasteiger partial charge < -0.3 is 9.13 Å². The van der Waals surface area contributed by atoms with Crippen LogP contribution in [-0.2, 0) is 21.7 Å². The molecule has 0 N–H and O–H groups in total. The first kappa shape index (κ1) is 35.9. The molecule has 10 rings (SSSR count). The molecule has 2 aliphatic rings. The largest absolute Gasteiger partial charge is 0.310 e. The Morgan fingerprint density at radius 3 is 1.32 bits per heavy atom. The summed E-state index contributed by atoms with van der Waals surface area (Å²) in [6.45, 7) is 28.1. The lowest BCUT2D eigenvalue weighted by molar-refractivity contribution is 0.590. The van der Waals surface area contributed by atoms with Gasteiger partial charge in [-0.25, -0.2) is 0 Å². The second-order valence-electron chi connectivity index (χ2n) is 21.1. The van der Waals surface area contributed by atoms with E-state index < -0.39 is 0 Å². The van der Waals surface area contributed by atoms with Crippen LogP contribution in [0.1, 0.15) is 111 Å². The number of hydrogen-bond donors (Lipinski definition) is 0. The smallest absolute Gasteiger partial charge is 0.252 e. The molecule has 0 fully saturated rings. The topological polar surface area (TPSA) is 33.6 Å². The van der Waals surface area contributed by atoms with E-state index in [2.05, 4.69) is 177 Å². The molecule has 3 nitrogen and oxygen atoms in total. The maximum Gasteiger partial charge on any atom is 0.252 e. The van der Waals surface area contributed by atoms with Gasteiger partial charge in [-0.05, 0) is 132 Å². The van der Waals surface area contributed by atoms with Crippen LogP contribution in [0, 0.1) is 11.3 Å². The van der Waals surface area contributed by atoms with Crippen molar-refractivity contribution >= 4 is 66.7 Å². The highest BCUT2D eigenvalue weighted by Gasteiger charge is 2.42. The summed E-state index contributed by atoms with van der Waals surface area (Å²) in [4.78, 5) is 0. The van der Waals surface area contributed by atoms with Gasteiger partial charge in [0, 0.05) is 44.0 Å². The minimum atomic E-state index is -0.0467. The van der Waals surface area contributed by atoms with Crippen LogP contribution in [0.15, 0.2) is 97.1 Å². The van der Waals surface area contributed by atoms with Crippen molar-refractivity contribution in [3.8, 4) is 28.6 Å². The molecule has 0 unspecified atom stereocenters. The van der Waals surface area contributed by atoms with E-state index in [-0.39, 0.29) is 28.4 Å². The van der Waals surface area contributed by atoms with E-state index in [1.165, 1.54) is 93.6 Å². The highest BCUT2D eigenvalue weighted by molar-refractivity contribution is 7.00. The van der Waals surface area contributed by atoms with Crippen LogP contribution in [-0.4, -0.2) is 15.8 Å². The molecule has 4 heteroatoms. The van der Waals surface area contributed by atoms with Gasteiger partial charge in [0.05, 0.1) is 22.7 Å². The maximum atomic E-state index is 10.0. The molecule has 8 aromatic rings. The number of fused-ring (bicyclic) bond motifs is 10. The van der Waals surface area contributed by atoms with Crippen molar-refractivity contribution in [1.82, 2.24) is 9.13 Å². The van der Waals surface area contributed by atoms with Crippen molar-refractivity contribution in [3.05, 3.63) is 125 Å². The van der Waals surface area contributed by atoms with Crippen molar-refractivity contribution in [2.24, 2.45) is 0 Å². The minimum Gasteiger partial charge on any atom is -0.310 e. The second kappa shape index (κ2) is 11.3. The van der Waals surface area contributed by atoms with Gasteiger partial charge in [-0.3, -0.25) is 0 Å². The summed E-state index contributed by atoms with van der Waals surface area (Å²) >= 11 is 0. The third-order valence-electron chi connectivity index (χ3n) is 13.1. The zero-order chi connectivity index (χ0) is 40.3. The molecule has 0 atom stereocenters. The Labute approximate surface area is 338 Å². The van der Waals surface area contributed by atoms with Gasteiger partial charge in [0.2, 0.25) is 0 Å². The lowest BCUT2D eigenvalue weighted by Crippen LogP contribution is -2.59. The Balaban J connectivity index is 1.45. The molecule has 0 spiro atoms. The molecule has 2 aliphatic heterocycles. The van der Waals surface area contributed by atoms with Crippen LogP contribution in [0.25, 0.3) is 66.1 Å². The van der Waals surface area contributed by atoms with Crippen molar-refractivity contribution in [1.29, 1.82) is 5.26 Å². The summed E-state index contributed by atoms with van der Waals surface area (Å²) < 4.78 is 5.18. The van der Waals surface area contributed by atoms with Crippen LogP contribution in [0.4, 0.5) is 0 Å². The van der Waals surface area contributed by atoms with E-state index in [0.29, 0.717) is 5.56 Å². The number of aromatic nitrogens is 2. The molecule has 0 aliphatic carbocycles. The van der Waals surface area contributed by atoms with E-state index in [1.807, 2.05) is 18.2 Å². The normalized spacial score (nSPS) is 13.9. The summed E-state index contributed by atoms with van der Waals surface area (Å²) in [5.74, 6) is 0. The van der Waals surface area contributed by atoms with Crippen LogP contribution in [0.3, 0.4) is 0 Å². The number of hydrogen-bond acceptors (Lipinski definition) is 1. The van der Waals surface area contributed by atoms with Gasteiger partial charge in [-0.15, -0.1) is 0 Å². The first-order valence-electron chi connectivity index (χ1n) is 20.7. The quantitative estimate of drug-likeness (QED) is 0.154. The molecule has 2 aromatic heterocycles. The summed E-state index contributed by atoms with van der Waals surface area (Å²) in [7, 11) is 0. The highest BCUT2D eigenvalue weighted by atomic mass is 15.0. The maximum absolute atomic E-state index is 10.0. The molecule has 0 bridgehead atoms. The monoisotopic (exact) mass is 741 g/mol. The summed E-state index contributed by atoms with van der Waals surface area (Å²) in [5.41, 5.74) is 19.9. The Bertz CT molecular complexity index is 2930. The fourth-order valence-corrected chi connectivity index (χ4v) is 9.80. The fourth-order valence-electron chi connectivity index (χ4n) is 9.80. The zero-order valence-corrected chi connectivity index (χ0v) is 35.7. The Kier molecular flexibility index (Phi) is 7.12. The molecule has 0 amide bonds. The molecule has 4 heterocycles. The van der Waals surface area contributed by atoms with Crippen molar-refractivity contribution in [2.75, 3.05) is 0 Å². The second-order valence-corrected chi connectivity index (χ2v) is 21.1. The first-order valence-corrected chi connectivity index (χ1v) is 20.7. The van der Waals surface area contributed by atoms with Crippen LogP contribution < -0.4 is 16.4 Å². The molecule has 282 valence electrons. The summed E-state index contributed by atoms with van der Waals surface area (Å²) in [6.07, 6.45) is 0. The van der Waals surface area contributed by atoms with Crippen LogP contribution in [0.5, 0.6) is 0 Å². The lowest BCUT2D eigenvalue weighted by atomic mass is 9.34. The lowest BCUT2D eigenvalue weighted by Gasteiger charge is -2.36. The molecule has 0 saturated heterocycles. The standard InChI is InChI=1S/C53H52BN3/c1-50(2,3)33-16-18-43-37(23-33)39-25-35(52(7,8)9)27-41-48(39)56(43)45-21-32(31-15-13-14-30(20-31)29-55)22-46-47(45)54(41)42-28-36(53(10,11)12)26-40-38-24-34(51(4,5)6)17-19-44(38)57(46)49(40)42/h13-28H,1-12H3. The van der Waals surface area contributed by atoms with Crippen LogP contribution in [0.2, 0.25) is 0 Å². The van der Waals surface area contributed by atoms with Crippen LogP contribution >= 0.6 is 0 Å². The van der Waals surface area contributed by atoms with E-state index in [0.717, 1.165) is 11.1 Å². The van der Waals surface area contributed by atoms with Gasteiger partial charge in [0.25, 0.3) is 6.71 Å². The molecule has 0 radical (unpaired) electrons. The van der Waals surface area contributed by atoms with Gasteiger partial charge in [-0.2, -0.15) is 5.26 Å². The molecular weight excluding hydrogens is 689 g/mol. The Morgan fingerprint density at radius 2 is 0.895 bits per heavy atom. The summed E-state index contributed by atoms with van der Waals surface area (Å²) in [6, 6.07) is 39.8. The Morgan fingerprint density at radius 1 is 0.456 bits per heavy atom. The number of nitrogens with zero attached hydrogens (tertiary/aromatic N) is 3. The number of benzene rings is 6. The SMILES string of the molecule is CC(C)(C)c1ccc2c(c1)c1cc(C(C)(C)C)cc3c1n2-c1cc(-c2cccc(C#N)c2)cc2c1B3c1cc(C(C)(C)C)cc3c4cc(C(C)(C)C)ccc4n-2c13. The highest BCUT2D eigenvalue weighted by Crippen LogP contribution is 2.44. The van der Waals surface area contributed by atoms with Gasteiger partial charge >= 0.3 is 0 Å². The van der Waals surface area contributed by atoms with Gasteiger partial charge in [-0.1, -0.05) is 119 Å². The minimum absolute atomic E-state index is 0.0131. The first-order chi connectivity index (χ1) is 26.7. The summed E-state index contributed by atoms with van der Waals surface area (Å²) in [5, 5.41) is 15.3. The van der Waals surface area contributed by atoms with Gasteiger partial charge in [0.15, 0.2) is 0 Å². The van der Waals surface area contributed by atoms with E-state index in [4.69, 9.17) is 0 Å². The third kappa shape index (κ3) is 5.10. The predicted octanol–water partition coefficient (Wildman–Crippen LogP) is 11.8. The van der Waals surface area contributed by atoms with E-state index in [1.54, 1.807) is 0 Å². The predicted molar refractivity (Wildman–Crippen MR) is 245 cm³/mol. The average Bonchev–Trinajstić information content (AvgIpc) is 3.66. The molecular formula is C53H52BN3. The van der Waals surface area contributed by atoms with E-state index >= 15 is 0 Å². The number of nitriles is 1. The van der Waals surface area contributed by atoms with Crippen molar-refractivity contribution < 1.29 is 0 Å². The van der Waals surface area contributed by atoms with Crippen molar-refractivity contribution in [2.45, 2.75) is 105 Å². The molecule has 6 aromatic carbocycles. The van der Waals surface area contributed by atoms with Crippen molar-refractivity contribution in [3.63, 3.8) is 0 Å².